The quantitative estimate of drug-likeness (QED) is 0.173. The van der Waals surface area contributed by atoms with Crippen LogP contribution >= 0.6 is 34.4 Å². The Hall–Kier alpha value is -3.24. The molecule has 0 aromatic carbocycles. The van der Waals surface area contributed by atoms with Gasteiger partial charge in [-0.2, -0.15) is 0 Å². The number of aromatic nitrogens is 3. The van der Waals surface area contributed by atoms with E-state index in [1.165, 1.54) is 23.1 Å². The van der Waals surface area contributed by atoms with E-state index in [0.717, 1.165) is 48.3 Å². The monoisotopic (exact) mass is 565 g/mol. The normalized spacial score (nSPS) is 22.2. The Morgan fingerprint density at radius 2 is 2.14 bits per heavy atom. The van der Waals surface area contributed by atoms with Gasteiger partial charge in [0.25, 0.3) is 11.8 Å². The largest absolute Gasteiger partial charge is 0.492 e. The number of nitrogens with two attached hydrogens (primary N) is 1. The summed E-state index contributed by atoms with van der Waals surface area (Å²) < 4.78 is 6.37. The van der Waals surface area contributed by atoms with Gasteiger partial charge in [-0.3, -0.25) is 14.5 Å². The number of hydrogen-bond acceptors (Lipinski definition) is 13. The average Bonchev–Trinajstić information content (AvgIpc) is 3.58. The number of nitrogen functional groups attached to an aromatic ring is 1. The molecule has 0 spiro atoms. The van der Waals surface area contributed by atoms with Gasteiger partial charge in [-0.25, -0.2) is 9.78 Å². The first kappa shape index (κ1) is 25.4. The molecule has 2 aliphatic heterocycles. The zero-order valence-corrected chi connectivity index (χ0v) is 21.8. The third kappa shape index (κ3) is 5.40. The lowest BCUT2D eigenvalue weighted by molar-refractivity contribution is -0.160. The molecule has 13 nitrogen and oxygen atoms in total. The van der Waals surface area contributed by atoms with Gasteiger partial charge in [0.1, 0.15) is 41.8 Å². The Labute approximate surface area is 223 Å². The number of rotatable bonds is 9. The Morgan fingerprint density at radius 3 is 2.81 bits per heavy atom. The van der Waals surface area contributed by atoms with E-state index in [1.807, 2.05) is 0 Å². The van der Waals surface area contributed by atoms with Crippen molar-refractivity contribution < 1.29 is 29.1 Å². The standard InChI is InChI=1S/C21H23N7O6S3/c22-20-24-11(7-35-20)14(27-34-10-4-2-1-3-5-10)17(29)25-15-12-6-33-13(8-36-21-26-23-9-37-21)16(19(31)32)28(12)18(15)30/h7,9-10,12,15H,1-6,8H2,(H2,22,24)(H,25,29)(H,31,32)/b27-14-. The van der Waals surface area contributed by atoms with E-state index in [0.29, 0.717) is 4.34 Å². The molecular formula is C21H23N7O6S3. The number of aliphatic carboxylic acids is 1. The predicted octanol–water partition coefficient (Wildman–Crippen LogP) is 1.44. The van der Waals surface area contributed by atoms with Crippen molar-refractivity contribution in [1.29, 1.82) is 0 Å². The van der Waals surface area contributed by atoms with Crippen molar-refractivity contribution in [2.45, 2.75) is 54.6 Å². The molecule has 0 bridgehead atoms. The molecule has 0 radical (unpaired) electrons. The van der Waals surface area contributed by atoms with E-state index in [1.54, 1.807) is 10.9 Å². The summed E-state index contributed by atoms with van der Waals surface area (Å²) in [7, 11) is 0. The fraction of sp³-hybridized carbons (Fsp3) is 0.476. The highest BCUT2D eigenvalue weighted by molar-refractivity contribution is 8.01. The second kappa shape index (κ2) is 11.0. The Morgan fingerprint density at radius 1 is 1.32 bits per heavy atom. The molecule has 4 N–H and O–H groups in total. The number of hydrogen-bond donors (Lipinski definition) is 3. The molecule has 3 aliphatic rings. The fourth-order valence-corrected chi connectivity index (χ4v) is 6.32. The van der Waals surface area contributed by atoms with Crippen molar-refractivity contribution in [2.24, 2.45) is 5.16 Å². The number of carboxylic acid groups (broad SMARTS) is 1. The van der Waals surface area contributed by atoms with E-state index >= 15 is 0 Å². The van der Waals surface area contributed by atoms with Gasteiger partial charge in [-0.15, -0.1) is 21.5 Å². The molecule has 1 aliphatic carbocycles. The highest BCUT2D eigenvalue weighted by atomic mass is 32.2. The summed E-state index contributed by atoms with van der Waals surface area (Å²) >= 11 is 3.72. The van der Waals surface area contributed by atoms with Gasteiger partial charge in [0.05, 0.1) is 5.75 Å². The van der Waals surface area contributed by atoms with Crippen molar-refractivity contribution in [1.82, 2.24) is 25.4 Å². The van der Waals surface area contributed by atoms with Gasteiger partial charge >= 0.3 is 5.97 Å². The van der Waals surface area contributed by atoms with E-state index in [-0.39, 0.29) is 46.5 Å². The number of amides is 2. The lowest BCUT2D eigenvalue weighted by atomic mass is 9.92. The second-order valence-corrected chi connectivity index (χ2v) is 11.4. The molecule has 2 aromatic heterocycles. The number of carbonyl (C=O) groups is 3. The van der Waals surface area contributed by atoms with Crippen molar-refractivity contribution >= 4 is 63.1 Å². The van der Waals surface area contributed by atoms with Crippen molar-refractivity contribution in [3.8, 4) is 0 Å². The van der Waals surface area contributed by atoms with Crippen LogP contribution in [0.2, 0.25) is 0 Å². The number of nitrogens with zero attached hydrogens (tertiary/aromatic N) is 5. The lowest BCUT2D eigenvalue weighted by Crippen LogP contribution is -2.73. The molecule has 5 rings (SSSR count). The molecule has 1 saturated heterocycles. The molecule has 2 unspecified atom stereocenters. The van der Waals surface area contributed by atoms with E-state index in [9.17, 15) is 19.5 Å². The molecule has 2 aromatic rings. The highest BCUT2D eigenvalue weighted by Crippen LogP contribution is 2.35. The number of ether oxygens (including phenoxy) is 1. The number of β-lactam (4-membered cyclic amide) rings is 1. The van der Waals surface area contributed by atoms with Crippen LogP contribution in [0.15, 0.2) is 31.8 Å². The molecule has 1 saturated carbocycles. The minimum absolute atomic E-state index is 0.0220. The van der Waals surface area contributed by atoms with Crippen LogP contribution in [-0.2, 0) is 24.0 Å². The minimum atomic E-state index is -1.29. The van der Waals surface area contributed by atoms with Gasteiger partial charge in [-0.05, 0) is 25.7 Å². The number of anilines is 1. The number of fused-ring (bicyclic) bond motifs is 1. The molecule has 196 valence electrons. The van der Waals surface area contributed by atoms with Gasteiger partial charge in [-0.1, -0.05) is 34.7 Å². The average molecular weight is 566 g/mol. The molecule has 37 heavy (non-hydrogen) atoms. The van der Waals surface area contributed by atoms with Crippen LogP contribution in [0.25, 0.3) is 0 Å². The number of carbonyl (C=O) groups excluding carboxylic acids is 2. The summed E-state index contributed by atoms with van der Waals surface area (Å²) in [4.78, 5) is 49.2. The maximum absolute atomic E-state index is 13.2. The lowest BCUT2D eigenvalue weighted by Gasteiger charge is -2.49. The van der Waals surface area contributed by atoms with Gasteiger partial charge < -0.3 is 25.7 Å². The number of thiazole rings is 1. The van der Waals surface area contributed by atoms with Gasteiger partial charge in [0.15, 0.2) is 20.9 Å². The molecule has 16 heteroatoms. The first-order valence-electron chi connectivity index (χ1n) is 11.5. The fourth-order valence-electron chi connectivity index (χ4n) is 4.33. The summed E-state index contributed by atoms with van der Waals surface area (Å²) in [6, 6.07) is -1.67. The van der Waals surface area contributed by atoms with Crippen LogP contribution in [0.5, 0.6) is 0 Å². The van der Waals surface area contributed by atoms with Crippen LogP contribution < -0.4 is 11.1 Å². The molecule has 2 fully saturated rings. The van der Waals surface area contributed by atoms with Gasteiger partial charge in [0, 0.05) is 5.38 Å². The van der Waals surface area contributed by atoms with Crippen molar-refractivity contribution in [3.05, 3.63) is 28.0 Å². The third-order valence-electron chi connectivity index (χ3n) is 6.13. The highest BCUT2D eigenvalue weighted by Gasteiger charge is 2.55. The van der Waals surface area contributed by atoms with E-state index in [4.69, 9.17) is 15.3 Å². The maximum atomic E-state index is 13.2. The van der Waals surface area contributed by atoms with Gasteiger partial charge in [0.2, 0.25) is 0 Å². The maximum Gasteiger partial charge on any atom is 0.356 e. The van der Waals surface area contributed by atoms with Crippen LogP contribution in [0.3, 0.4) is 0 Å². The Balaban J connectivity index is 1.30. The zero-order chi connectivity index (χ0) is 25.9. The number of nitrogens with one attached hydrogen (secondary N) is 1. The molecule has 4 heterocycles. The third-order valence-corrected chi connectivity index (χ3v) is 8.67. The van der Waals surface area contributed by atoms with E-state index in [2.05, 4.69) is 25.7 Å². The SMILES string of the molecule is Nc1nc(/C(=N/OC2CCCCC2)C(=O)NC2C(=O)N3C(C(=O)O)=C(CSc4nncs4)OCC23)cs1. The van der Waals surface area contributed by atoms with Crippen molar-refractivity contribution in [2.75, 3.05) is 18.1 Å². The smallest absolute Gasteiger partial charge is 0.356 e. The van der Waals surface area contributed by atoms with Crippen LogP contribution in [0.4, 0.5) is 5.13 Å². The first-order valence-corrected chi connectivity index (χ1v) is 14.2. The summed E-state index contributed by atoms with van der Waals surface area (Å²) in [5.41, 5.74) is 7.21. The van der Waals surface area contributed by atoms with Crippen molar-refractivity contribution in [3.63, 3.8) is 0 Å². The summed E-state index contributed by atoms with van der Waals surface area (Å²) in [5, 5.41) is 26.1. The molecule has 2 atom stereocenters. The Bertz CT molecular complexity index is 1240. The topological polar surface area (TPSA) is 182 Å². The number of carboxylic acids is 1. The van der Waals surface area contributed by atoms with Crippen LogP contribution in [-0.4, -0.2) is 79.2 Å². The number of oxime groups is 1. The Kier molecular flexibility index (Phi) is 7.57. The summed E-state index contributed by atoms with van der Waals surface area (Å²) in [6.45, 7) is 0.0220. The zero-order valence-electron chi connectivity index (χ0n) is 19.4. The van der Waals surface area contributed by atoms with E-state index < -0.39 is 29.9 Å². The number of thioether (sulfide) groups is 1. The summed E-state index contributed by atoms with van der Waals surface area (Å²) in [5.74, 6) is -2.19. The first-order chi connectivity index (χ1) is 17.9. The summed E-state index contributed by atoms with van der Waals surface area (Å²) in [6.07, 6.45) is 4.78. The second-order valence-electron chi connectivity index (χ2n) is 8.48. The molecular weight excluding hydrogens is 542 g/mol. The molecule has 2 amide bonds. The predicted molar refractivity (Wildman–Crippen MR) is 135 cm³/mol. The minimum Gasteiger partial charge on any atom is -0.492 e. The van der Waals surface area contributed by atoms with Crippen LogP contribution in [0, 0.1) is 0 Å². The van der Waals surface area contributed by atoms with Crippen LogP contribution in [0.1, 0.15) is 37.8 Å².